The Balaban J connectivity index is 2.41. The summed E-state index contributed by atoms with van der Waals surface area (Å²) in [4.78, 5) is 17.2. The molecule has 2 aromatic rings. The minimum Gasteiger partial charge on any atom is -0.479 e. The molecule has 6 heteroatoms. The second kappa shape index (κ2) is 6.08. The molecule has 0 aliphatic heterocycles. The zero-order valence-electron chi connectivity index (χ0n) is 11.3. The molecule has 0 fully saturated rings. The van der Waals surface area contributed by atoms with Crippen molar-refractivity contribution in [2.45, 2.75) is 20.3 Å². The summed E-state index contributed by atoms with van der Waals surface area (Å²) in [7, 11) is 1.57. The third-order valence-electron chi connectivity index (χ3n) is 2.49. The zero-order chi connectivity index (χ0) is 13.7. The van der Waals surface area contributed by atoms with E-state index in [1.807, 2.05) is 13.0 Å². The van der Waals surface area contributed by atoms with Crippen molar-refractivity contribution < 1.29 is 4.74 Å². The Kier molecular flexibility index (Phi) is 4.22. The molecule has 0 saturated heterocycles. The lowest BCUT2D eigenvalue weighted by Crippen LogP contribution is -2.06. The first kappa shape index (κ1) is 13.2. The molecule has 0 bridgehead atoms. The first-order valence-corrected chi connectivity index (χ1v) is 6.19. The van der Waals surface area contributed by atoms with Crippen LogP contribution in [-0.2, 0) is 0 Å². The monoisotopic (exact) mass is 259 g/mol. The fraction of sp³-hybridized carbons (Fsp3) is 0.385. The molecule has 2 aromatic heterocycles. The van der Waals surface area contributed by atoms with Crippen LogP contribution in [0, 0.1) is 6.92 Å². The first-order valence-electron chi connectivity index (χ1n) is 6.19. The van der Waals surface area contributed by atoms with E-state index in [1.54, 1.807) is 19.5 Å². The quantitative estimate of drug-likeness (QED) is 0.886. The van der Waals surface area contributed by atoms with E-state index in [1.165, 1.54) is 0 Å². The van der Waals surface area contributed by atoms with Gasteiger partial charge in [0.05, 0.1) is 7.11 Å². The van der Waals surface area contributed by atoms with Crippen LogP contribution in [0.5, 0.6) is 5.88 Å². The van der Waals surface area contributed by atoms with Crippen LogP contribution in [0.25, 0.3) is 11.4 Å². The molecule has 0 atom stereocenters. The second-order valence-corrected chi connectivity index (χ2v) is 4.06. The van der Waals surface area contributed by atoms with E-state index in [4.69, 9.17) is 4.74 Å². The van der Waals surface area contributed by atoms with Gasteiger partial charge in [-0.25, -0.2) is 19.9 Å². The lowest BCUT2D eigenvalue weighted by Gasteiger charge is -2.08. The maximum absolute atomic E-state index is 5.21. The molecule has 19 heavy (non-hydrogen) atoms. The smallest absolute Gasteiger partial charge is 0.241 e. The van der Waals surface area contributed by atoms with Crippen LogP contribution >= 0.6 is 0 Å². The standard InChI is InChI=1S/C13H17N5O/c1-4-5-16-13-17-9(2)8-10(18-13)11-12(19-3)15-7-6-14-11/h6-8H,4-5H2,1-3H3,(H,16,17,18). The van der Waals surface area contributed by atoms with Crippen molar-refractivity contribution >= 4 is 5.95 Å². The number of hydrogen-bond donors (Lipinski definition) is 1. The van der Waals surface area contributed by atoms with Crippen LogP contribution in [0.2, 0.25) is 0 Å². The molecule has 0 saturated carbocycles. The Labute approximate surface area is 112 Å². The molecule has 0 unspecified atom stereocenters. The van der Waals surface area contributed by atoms with Crippen LogP contribution in [0.4, 0.5) is 5.95 Å². The molecule has 2 heterocycles. The fourth-order valence-corrected chi connectivity index (χ4v) is 1.66. The number of rotatable bonds is 5. The van der Waals surface area contributed by atoms with E-state index in [0.29, 0.717) is 23.2 Å². The molecule has 0 aliphatic carbocycles. The van der Waals surface area contributed by atoms with Gasteiger partial charge in [-0.15, -0.1) is 0 Å². The summed E-state index contributed by atoms with van der Waals surface area (Å²) in [5, 5.41) is 3.17. The van der Waals surface area contributed by atoms with Crippen molar-refractivity contribution in [1.82, 2.24) is 19.9 Å². The summed E-state index contributed by atoms with van der Waals surface area (Å²) in [6, 6.07) is 1.86. The average Bonchev–Trinajstić information content (AvgIpc) is 2.44. The number of methoxy groups -OCH3 is 1. The van der Waals surface area contributed by atoms with E-state index in [0.717, 1.165) is 18.7 Å². The van der Waals surface area contributed by atoms with Gasteiger partial charge in [-0.1, -0.05) is 6.92 Å². The van der Waals surface area contributed by atoms with Gasteiger partial charge in [-0.05, 0) is 19.4 Å². The lowest BCUT2D eigenvalue weighted by molar-refractivity contribution is 0.397. The van der Waals surface area contributed by atoms with Gasteiger partial charge in [0.15, 0.2) is 5.69 Å². The number of ether oxygens (including phenoxy) is 1. The van der Waals surface area contributed by atoms with E-state index < -0.39 is 0 Å². The summed E-state index contributed by atoms with van der Waals surface area (Å²) in [6.07, 6.45) is 4.22. The minimum atomic E-state index is 0.460. The maximum Gasteiger partial charge on any atom is 0.241 e. The van der Waals surface area contributed by atoms with Gasteiger partial charge >= 0.3 is 0 Å². The maximum atomic E-state index is 5.21. The predicted octanol–water partition coefficient (Wildman–Crippen LogP) is 2.07. The van der Waals surface area contributed by atoms with Crippen LogP contribution in [0.1, 0.15) is 19.0 Å². The number of nitrogens with one attached hydrogen (secondary N) is 1. The van der Waals surface area contributed by atoms with Crippen molar-refractivity contribution in [1.29, 1.82) is 0 Å². The highest BCUT2D eigenvalue weighted by Crippen LogP contribution is 2.24. The number of nitrogens with zero attached hydrogens (tertiary/aromatic N) is 4. The Morgan fingerprint density at radius 1 is 1.21 bits per heavy atom. The predicted molar refractivity (Wildman–Crippen MR) is 73.1 cm³/mol. The van der Waals surface area contributed by atoms with Crippen molar-refractivity contribution in [2.24, 2.45) is 0 Å². The highest BCUT2D eigenvalue weighted by molar-refractivity contribution is 5.61. The number of aryl methyl sites for hydroxylation is 1. The third-order valence-corrected chi connectivity index (χ3v) is 2.49. The highest BCUT2D eigenvalue weighted by Gasteiger charge is 2.11. The minimum absolute atomic E-state index is 0.460. The first-order chi connectivity index (χ1) is 9.24. The molecule has 0 aromatic carbocycles. The molecule has 0 amide bonds. The van der Waals surface area contributed by atoms with E-state index >= 15 is 0 Å². The highest BCUT2D eigenvalue weighted by atomic mass is 16.5. The Morgan fingerprint density at radius 2 is 2.00 bits per heavy atom. The summed E-state index contributed by atoms with van der Waals surface area (Å²) >= 11 is 0. The van der Waals surface area contributed by atoms with Gasteiger partial charge in [-0.2, -0.15) is 0 Å². The van der Waals surface area contributed by atoms with E-state index in [2.05, 4.69) is 32.2 Å². The summed E-state index contributed by atoms with van der Waals surface area (Å²) < 4.78 is 5.21. The molecule has 0 spiro atoms. The zero-order valence-corrected chi connectivity index (χ0v) is 11.3. The number of aromatic nitrogens is 4. The molecule has 100 valence electrons. The summed E-state index contributed by atoms with van der Waals surface area (Å²) in [5.74, 6) is 1.06. The van der Waals surface area contributed by atoms with Crippen molar-refractivity contribution in [3.8, 4) is 17.3 Å². The summed E-state index contributed by atoms with van der Waals surface area (Å²) in [6.45, 7) is 4.85. The molecular weight excluding hydrogens is 242 g/mol. The molecule has 0 radical (unpaired) electrons. The molecule has 2 rings (SSSR count). The van der Waals surface area contributed by atoms with E-state index in [9.17, 15) is 0 Å². The average molecular weight is 259 g/mol. The topological polar surface area (TPSA) is 72.8 Å². The van der Waals surface area contributed by atoms with Crippen molar-refractivity contribution in [2.75, 3.05) is 19.0 Å². The lowest BCUT2D eigenvalue weighted by atomic mass is 10.2. The molecule has 1 N–H and O–H groups in total. The Bertz CT molecular complexity index is 558. The van der Waals surface area contributed by atoms with Crippen LogP contribution in [0.15, 0.2) is 18.5 Å². The van der Waals surface area contributed by atoms with Crippen LogP contribution < -0.4 is 10.1 Å². The normalized spacial score (nSPS) is 10.3. The second-order valence-electron chi connectivity index (χ2n) is 4.06. The van der Waals surface area contributed by atoms with Gasteiger partial charge in [0.2, 0.25) is 11.8 Å². The molecular formula is C13H17N5O. The fourth-order valence-electron chi connectivity index (χ4n) is 1.66. The van der Waals surface area contributed by atoms with Gasteiger partial charge in [-0.3, -0.25) is 0 Å². The van der Waals surface area contributed by atoms with Gasteiger partial charge < -0.3 is 10.1 Å². The van der Waals surface area contributed by atoms with Gasteiger partial charge in [0, 0.05) is 24.6 Å². The van der Waals surface area contributed by atoms with Crippen LogP contribution in [-0.4, -0.2) is 33.6 Å². The third kappa shape index (κ3) is 3.15. The van der Waals surface area contributed by atoms with Crippen molar-refractivity contribution in [3.05, 3.63) is 24.2 Å². The molecule has 6 nitrogen and oxygen atoms in total. The van der Waals surface area contributed by atoms with Gasteiger partial charge in [0.25, 0.3) is 0 Å². The number of anilines is 1. The largest absolute Gasteiger partial charge is 0.479 e. The Hall–Kier alpha value is -2.24. The van der Waals surface area contributed by atoms with Crippen molar-refractivity contribution in [3.63, 3.8) is 0 Å². The SMILES string of the molecule is CCCNc1nc(C)cc(-c2nccnc2OC)n1. The Morgan fingerprint density at radius 3 is 2.74 bits per heavy atom. The van der Waals surface area contributed by atoms with Gasteiger partial charge in [0.1, 0.15) is 5.69 Å². The van der Waals surface area contributed by atoms with Crippen LogP contribution in [0.3, 0.4) is 0 Å². The summed E-state index contributed by atoms with van der Waals surface area (Å²) in [5.41, 5.74) is 2.20. The number of hydrogen-bond acceptors (Lipinski definition) is 6. The van der Waals surface area contributed by atoms with E-state index in [-0.39, 0.29) is 0 Å². The molecule has 0 aliphatic rings.